The van der Waals surface area contributed by atoms with E-state index in [1.165, 1.54) is 12.1 Å². The maximum atomic E-state index is 13.0. The van der Waals surface area contributed by atoms with Crippen LogP contribution in [-0.2, 0) is 20.9 Å². The van der Waals surface area contributed by atoms with Gasteiger partial charge in [0.25, 0.3) is 0 Å². The van der Waals surface area contributed by atoms with Gasteiger partial charge in [0.05, 0.1) is 6.04 Å². The molecule has 0 unspecified atom stereocenters. The van der Waals surface area contributed by atoms with E-state index in [1.807, 2.05) is 18.7 Å². The molecule has 0 bridgehead atoms. The van der Waals surface area contributed by atoms with Crippen molar-refractivity contribution in [1.82, 2.24) is 20.9 Å². The fourth-order valence-electron chi connectivity index (χ4n) is 4.19. The standard InChI is InChI=1S/C23H33FN4O3.ClH/c1-15(2)20(22(30)26-14-16-5-7-18(24)8-6-16)27-21(29)17-9-12-28(13-10-17)23(31)19-4-3-11-25-19;/h5-8,15,17,19-20,25H,3-4,9-14H2,1-2H3,(H,26,30)(H,27,29);1H/t19-,20-;/m0./s1. The molecule has 3 N–H and O–H groups in total. The fraction of sp³-hybridized carbons (Fsp3) is 0.609. The summed E-state index contributed by atoms with van der Waals surface area (Å²) in [5, 5.41) is 8.96. The van der Waals surface area contributed by atoms with Crippen LogP contribution in [0.2, 0.25) is 0 Å². The lowest BCUT2D eigenvalue weighted by atomic mass is 9.94. The van der Waals surface area contributed by atoms with Crippen LogP contribution in [0.15, 0.2) is 24.3 Å². The summed E-state index contributed by atoms with van der Waals surface area (Å²) in [6, 6.07) is 5.21. The second kappa shape index (κ2) is 12.2. The Hall–Kier alpha value is -2.19. The average molecular weight is 469 g/mol. The maximum absolute atomic E-state index is 13.0. The quantitative estimate of drug-likeness (QED) is 0.571. The molecule has 1 aromatic carbocycles. The van der Waals surface area contributed by atoms with E-state index in [2.05, 4.69) is 16.0 Å². The fourth-order valence-corrected chi connectivity index (χ4v) is 4.19. The number of rotatable bonds is 7. The van der Waals surface area contributed by atoms with Gasteiger partial charge < -0.3 is 20.9 Å². The number of hydrogen-bond donors (Lipinski definition) is 3. The lowest BCUT2D eigenvalue weighted by Crippen LogP contribution is -2.53. The minimum Gasteiger partial charge on any atom is -0.350 e. The van der Waals surface area contributed by atoms with E-state index >= 15 is 0 Å². The van der Waals surface area contributed by atoms with E-state index < -0.39 is 6.04 Å². The minimum atomic E-state index is -0.643. The average Bonchev–Trinajstić information content (AvgIpc) is 3.31. The van der Waals surface area contributed by atoms with Crippen LogP contribution in [0.4, 0.5) is 4.39 Å². The maximum Gasteiger partial charge on any atom is 0.243 e. The topological polar surface area (TPSA) is 90.5 Å². The van der Waals surface area contributed by atoms with Crippen molar-refractivity contribution in [2.45, 2.75) is 58.2 Å². The molecule has 2 aliphatic heterocycles. The van der Waals surface area contributed by atoms with E-state index in [4.69, 9.17) is 0 Å². The first-order valence-electron chi connectivity index (χ1n) is 11.2. The van der Waals surface area contributed by atoms with Gasteiger partial charge in [0.1, 0.15) is 11.9 Å². The van der Waals surface area contributed by atoms with Gasteiger partial charge in [-0.3, -0.25) is 14.4 Å². The third-order valence-corrected chi connectivity index (χ3v) is 6.16. The monoisotopic (exact) mass is 468 g/mol. The number of likely N-dealkylation sites (tertiary alicyclic amines) is 1. The Kier molecular flexibility index (Phi) is 9.90. The minimum absolute atomic E-state index is 0. The highest BCUT2D eigenvalue weighted by atomic mass is 35.5. The molecule has 0 spiro atoms. The highest BCUT2D eigenvalue weighted by Gasteiger charge is 2.33. The van der Waals surface area contributed by atoms with Crippen LogP contribution in [-0.4, -0.2) is 54.3 Å². The smallest absolute Gasteiger partial charge is 0.243 e. The van der Waals surface area contributed by atoms with E-state index in [9.17, 15) is 18.8 Å². The largest absolute Gasteiger partial charge is 0.350 e. The molecule has 2 heterocycles. The van der Waals surface area contributed by atoms with Gasteiger partial charge in [0.15, 0.2) is 0 Å². The molecule has 32 heavy (non-hydrogen) atoms. The predicted octanol–water partition coefficient (Wildman–Crippen LogP) is 2.00. The van der Waals surface area contributed by atoms with Crippen LogP contribution in [0.3, 0.4) is 0 Å². The third kappa shape index (κ3) is 6.90. The molecule has 0 saturated carbocycles. The van der Waals surface area contributed by atoms with E-state index in [-0.39, 0.29) is 60.4 Å². The van der Waals surface area contributed by atoms with Crippen LogP contribution in [0.25, 0.3) is 0 Å². The van der Waals surface area contributed by atoms with Gasteiger partial charge in [-0.25, -0.2) is 4.39 Å². The van der Waals surface area contributed by atoms with Crippen LogP contribution in [0.5, 0.6) is 0 Å². The van der Waals surface area contributed by atoms with Gasteiger partial charge in [-0.1, -0.05) is 26.0 Å². The zero-order valence-electron chi connectivity index (χ0n) is 18.7. The van der Waals surface area contributed by atoms with Crippen LogP contribution in [0, 0.1) is 17.7 Å². The van der Waals surface area contributed by atoms with Crippen LogP contribution >= 0.6 is 12.4 Å². The number of hydrogen-bond acceptors (Lipinski definition) is 4. The number of carbonyl (C=O) groups excluding carboxylic acids is 3. The Bertz CT molecular complexity index is 776. The lowest BCUT2D eigenvalue weighted by molar-refractivity contribution is -0.138. The van der Waals surface area contributed by atoms with Crippen molar-refractivity contribution < 1.29 is 18.8 Å². The van der Waals surface area contributed by atoms with E-state index in [1.54, 1.807) is 12.1 Å². The van der Waals surface area contributed by atoms with Gasteiger partial charge in [0.2, 0.25) is 17.7 Å². The van der Waals surface area contributed by atoms with Crippen molar-refractivity contribution in [3.63, 3.8) is 0 Å². The van der Waals surface area contributed by atoms with Crippen molar-refractivity contribution in [3.05, 3.63) is 35.6 Å². The van der Waals surface area contributed by atoms with Crippen molar-refractivity contribution in [3.8, 4) is 0 Å². The second-order valence-electron chi connectivity index (χ2n) is 8.82. The molecule has 178 valence electrons. The van der Waals surface area contributed by atoms with Crippen molar-refractivity contribution >= 4 is 30.1 Å². The number of benzene rings is 1. The normalized spacial score (nSPS) is 19.9. The summed E-state index contributed by atoms with van der Waals surface area (Å²) < 4.78 is 13.0. The Morgan fingerprint density at radius 1 is 1.12 bits per heavy atom. The number of halogens is 2. The Balaban J connectivity index is 0.00000363. The number of piperidine rings is 1. The van der Waals surface area contributed by atoms with Crippen molar-refractivity contribution in [1.29, 1.82) is 0 Å². The summed E-state index contributed by atoms with van der Waals surface area (Å²) in [4.78, 5) is 39.9. The highest BCUT2D eigenvalue weighted by Crippen LogP contribution is 2.20. The SMILES string of the molecule is CC(C)[C@H](NC(=O)C1CCN(C(=O)[C@@H]2CCCN2)CC1)C(=O)NCc1ccc(F)cc1.Cl. The summed E-state index contributed by atoms with van der Waals surface area (Å²) in [5.41, 5.74) is 0.789. The first-order valence-corrected chi connectivity index (χ1v) is 11.2. The summed E-state index contributed by atoms with van der Waals surface area (Å²) >= 11 is 0. The third-order valence-electron chi connectivity index (χ3n) is 6.16. The first kappa shape index (κ1) is 26.1. The Labute approximate surface area is 195 Å². The Morgan fingerprint density at radius 2 is 1.78 bits per heavy atom. The van der Waals surface area contributed by atoms with Crippen LogP contribution < -0.4 is 16.0 Å². The van der Waals surface area contributed by atoms with Crippen molar-refractivity contribution in [2.24, 2.45) is 11.8 Å². The molecule has 9 heteroatoms. The predicted molar refractivity (Wildman–Crippen MR) is 123 cm³/mol. The van der Waals surface area contributed by atoms with E-state index in [0.717, 1.165) is 24.9 Å². The molecule has 3 amide bonds. The summed E-state index contributed by atoms with van der Waals surface area (Å²) in [5.74, 6) is -0.862. The molecule has 0 aliphatic carbocycles. The molecular formula is C23H34ClFN4O3. The molecule has 3 rings (SSSR count). The summed E-state index contributed by atoms with van der Waals surface area (Å²) in [6.07, 6.45) is 3.11. The van der Waals surface area contributed by atoms with Crippen LogP contribution in [0.1, 0.15) is 45.1 Å². The number of nitrogens with one attached hydrogen (secondary N) is 3. The van der Waals surface area contributed by atoms with Gasteiger partial charge in [-0.05, 0) is 55.8 Å². The molecule has 2 saturated heterocycles. The highest BCUT2D eigenvalue weighted by molar-refractivity contribution is 5.89. The summed E-state index contributed by atoms with van der Waals surface area (Å²) in [7, 11) is 0. The zero-order valence-corrected chi connectivity index (χ0v) is 19.6. The lowest BCUT2D eigenvalue weighted by Gasteiger charge is -2.34. The first-order chi connectivity index (χ1) is 14.8. The molecule has 0 radical (unpaired) electrons. The molecular weight excluding hydrogens is 435 g/mol. The zero-order chi connectivity index (χ0) is 22.4. The van der Waals surface area contributed by atoms with Gasteiger partial charge in [0, 0.05) is 25.6 Å². The molecule has 1 aromatic rings. The number of nitrogens with zero attached hydrogens (tertiary/aromatic N) is 1. The Morgan fingerprint density at radius 3 is 2.34 bits per heavy atom. The molecule has 0 aromatic heterocycles. The summed E-state index contributed by atoms with van der Waals surface area (Å²) in [6.45, 7) is 6.07. The molecule has 7 nitrogen and oxygen atoms in total. The molecule has 2 fully saturated rings. The molecule has 2 aliphatic rings. The number of carbonyl (C=O) groups is 3. The molecule has 2 atom stereocenters. The van der Waals surface area contributed by atoms with Gasteiger partial charge in [-0.2, -0.15) is 0 Å². The second-order valence-corrected chi connectivity index (χ2v) is 8.82. The van der Waals surface area contributed by atoms with Gasteiger partial charge >= 0.3 is 0 Å². The van der Waals surface area contributed by atoms with E-state index in [0.29, 0.717) is 25.9 Å². The van der Waals surface area contributed by atoms with Gasteiger partial charge in [-0.15, -0.1) is 12.4 Å². The number of amides is 3. The van der Waals surface area contributed by atoms with Crippen molar-refractivity contribution in [2.75, 3.05) is 19.6 Å².